The number of halogens is 5. The molecule has 0 radical (unpaired) electrons. The predicted molar refractivity (Wildman–Crippen MR) is 186 cm³/mol. The van der Waals surface area contributed by atoms with E-state index in [0.717, 1.165) is 22.3 Å². The van der Waals surface area contributed by atoms with E-state index in [-0.39, 0.29) is 91.4 Å². The number of hydrogen-bond donors (Lipinski definition) is 1. The maximum Gasteiger partial charge on any atom is 0.319 e. The van der Waals surface area contributed by atoms with Crippen LogP contribution in [0.3, 0.4) is 0 Å². The van der Waals surface area contributed by atoms with Gasteiger partial charge in [0.1, 0.15) is 28.2 Å². The number of alkyl halides is 2. The number of anilines is 2. The molecule has 50 heavy (non-hydrogen) atoms. The Morgan fingerprint density at radius 2 is 2.00 bits per heavy atom. The van der Waals surface area contributed by atoms with Gasteiger partial charge in [-0.25, -0.2) is 17.6 Å². The van der Waals surface area contributed by atoms with E-state index in [0.29, 0.717) is 19.5 Å². The number of thiophene rings is 1. The van der Waals surface area contributed by atoms with Crippen molar-refractivity contribution in [2.45, 2.75) is 39.5 Å². The van der Waals surface area contributed by atoms with Gasteiger partial charge in [-0.15, -0.1) is 11.3 Å². The van der Waals surface area contributed by atoms with Crippen LogP contribution in [0.15, 0.2) is 18.2 Å². The van der Waals surface area contributed by atoms with E-state index in [4.69, 9.17) is 22.1 Å². The molecule has 266 valence electrons. The predicted octanol–water partition coefficient (Wildman–Crippen LogP) is 6.72. The van der Waals surface area contributed by atoms with Crippen molar-refractivity contribution in [3.05, 3.63) is 40.4 Å². The van der Waals surface area contributed by atoms with Crippen LogP contribution in [0.5, 0.6) is 6.01 Å². The minimum absolute atomic E-state index is 0.0218. The van der Waals surface area contributed by atoms with Gasteiger partial charge in [0.2, 0.25) is 18.2 Å². The highest BCUT2D eigenvalue weighted by atomic mass is 35.5. The van der Waals surface area contributed by atoms with E-state index in [9.17, 15) is 28.0 Å². The lowest BCUT2D eigenvalue weighted by Gasteiger charge is -2.44. The Balaban J connectivity index is 1.62. The zero-order chi connectivity index (χ0) is 36.7. The monoisotopic (exact) mass is 733 g/mol. The largest absolute Gasteiger partial charge is 0.463 e. The highest BCUT2D eigenvalue weighted by molar-refractivity contribution is 7.23. The van der Waals surface area contributed by atoms with Crippen molar-refractivity contribution < 1.29 is 31.9 Å². The van der Waals surface area contributed by atoms with Crippen LogP contribution in [-0.4, -0.2) is 85.4 Å². The minimum Gasteiger partial charge on any atom is -0.463 e. The molecule has 2 N–H and O–H groups in total. The molecule has 0 bridgehead atoms. The highest BCUT2D eigenvalue weighted by Crippen LogP contribution is 2.46. The van der Waals surface area contributed by atoms with Crippen LogP contribution in [-0.2, 0) is 9.59 Å². The van der Waals surface area contributed by atoms with E-state index >= 15 is 4.39 Å². The number of piperidine rings is 1. The first kappa shape index (κ1) is 37.0. The standard InChI is InChI=1S/C34H36ClF4N7O3S/c1-17(47)46(5)24(48)7-6-11-45(4)32-19-13-22(35)26(18-8-9-23(36)29-25(18)20(14-40)31(41)50-29)27(37)28(19)42-33(43-32)49-16-34(2)15-44(3)12-10-21(34)30(38)39/h8-9,13,21,30H,6-7,10-12,15-16,41H2,1-5H3/t21-,34+/m1/s1. The van der Waals surface area contributed by atoms with Crippen LogP contribution in [0.1, 0.15) is 38.7 Å². The van der Waals surface area contributed by atoms with E-state index in [1.807, 2.05) is 18.0 Å². The van der Waals surface area contributed by atoms with Gasteiger partial charge in [0.05, 0.1) is 21.9 Å². The lowest BCUT2D eigenvalue weighted by atomic mass is 9.73. The molecule has 4 aromatic rings. The van der Waals surface area contributed by atoms with Crippen molar-refractivity contribution >= 4 is 66.6 Å². The maximum atomic E-state index is 16.9. The van der Waals surface area contributed by atoms with Gasteiger partial charge in [-0.3, -0.25) is 14.5 Å². The fourth-order valence-electron chi connectivity index (χ4n) is 6.52. The molecular weight excluding hydrogens is 698 g/mol. The van der Waals surface area contributed by atoms with Crippen molar-refractivity contribution in [1.82, 2.24) is 19.8 Å². The van der Waals surface area contributed by atoms with Crippen LogP contribution >= 0.6 is 22.9 Å². The smallest absolute Gasteiger partial charge is 0.319 e. The highest BCUT2D eigenvalue weighted by Gasteiger charge is 2.44. The molecule has 0 spiro atoms. The van der Waals surface area contributed by atoms with Gasteiger partial charge in [-0.1, -0.05) is 24.6 Å². The molecule has 0 aliphatic carbocycles. The number of hydrogen-bond acceptors (Lipinski definition) is 10. The molecule has 1 aliphatic rings. The fraction of sp³-hybridized carbons (Fsp3) is 0.441. The van der Waals surface area contributed by atoms with E-state index < -0.39 is 35.3 Å². The van der Waals surface area contributed by atoms with Crippen molar-refractivity contribution in [3.63, 3.8) is 0 Å². The van der Waals surface area contributed by atoms with Gasteiger partial charge >= 0.3 is 6.01 Å². The molecule has 1 fully saturated rings. The van der Waals surface area contributed by atoms with Crippen LogP contribution in [0.4, 0.5) is 28.4 Å². The summed E-state index contributed by atoms with van der Waals surface area (Å²) in [6, 6.07) is 5.59. The van der Waals surface area contributed by atoms with E-state index in [1.54, 1.807) is 18.9 Å². The van der Waals surface area contributed by atoms with Gasteiger partial charge < -0.3 is 20.3 Å². The number of nitrogen functional groups attached to an aromatic ring is 1. The number of imide groups is 1. The van der Waals surface area contributed by atoms with E-state index in [2.05, 4.69) is 9.97 Å². The number of nitrogens with zero attached hydrogens (tertiary/aromatic N) is 6. The van der Waals surface area contributed by atoms with Gasteiger partial charge in [-0.2, -0.15) is 15.2 Å². The lowest BCUT2D eigenvalue weighted by molar-refractivity contribution is -0.141. The van der Waals surface area contributed by atoms with Gasteiger partial charge in [0, 0.05) is 68.2 Å². The summed E-state index contributed by atoms with van der Waals surface area (Å²) in [5, 5.41) is 10.1. The molecule has 0 saturated carbocycles. The van der Waals surface area contributed by atoms with Crippen molar-refractivity contribution in [2.75, 3.05) is 58.0 Å². The first-order chi connectivity index (χ1) is 23.6. The topological polar surface area (TPSA) is 129 Å². The summed E-state index contributed by atoms with van der Waals surface area (Å²) in [7, 11) is 4.89. The third-order valence-electron chi connectivity index (χ3n) is 9.32. The SMILES string of the molecule is CC(=O)N(C)C(=O)CCCN(C)c1nc(OC[C@]2(C)CN(C)CC[C@@H]2C(F)F)nc2c(F)c(-c3ccc(F)c4sc(N)c(C#N)c34)c(Cl)cc12. The van der Waals surface area contributed by atoms with Gasteiger partial charge in [0.15, 0.2) is 5.82 Å². The molecule has 3 heterocycles. The molecular formula is C34H36ClF4N7O3S. The number of carbonyl (C=O) groups is 2. The molecule has 1 aliphatic heterocycles. The van der Waals surface area contributed by atoms with Crippen molar-refractivity contribution in [3.8, 4) is 23.2 Å². The number of nitrogens with two attached hydrogens (primary N) is 1. The van der Waals surface area contributed by atoms with Crippen LogP contribution in [0.25, 0.3) is 32.1 Å². The number of ether oxygens (including phenoxy) is 1. The van der Waals surface area contributed by atoms with Crippen molar-refractivity contribution in [2.24, 2.45) is 11.3 Å². The molecule has 0 unspecified atom stereocenters. The number of nitriles is 1. The number of fused-ring (bicyclic) bond motifs is 2. The summed E-state index contributed by atoms with van der Waals surface area (Å²) in [5.41, 5.74) is 4.76. The Kier molecular flexibility index (Phi) is 10.8. The Bertz CT molecular complexity index is 2020. The van der Waals surface area contributed by atoms with E-state index in [1.165, 1.54) is 26.1 Å². The summed E-state index contributed by atoms with van der Waals surface area (Å²) in [4.78, 5) is 37.6. The van der Waals surface area contributed by atoms with Crippen LogP contribution in [0.2, 0.25) is 5.02 Å². The summed E-state index contributed by atoms with van der Waals surface area (Å²) in [6.07, 6.45) is -1.98. The minimum atomic E-state index is -2.58. The summed E-state index contributed by atoms with van der Waals surface area (Å²) in [5.74, 6) is -3.10. The third-order valence-corrected chi connectivity index (χ3v) is 10.6. The number of carbonyl (C=O) groups excluding carboxylic acids is 2. The Labute approximate surface area is 295 Å². The Morgan fingerprint density at radius 1 is 1.28 bits per heavy atom. The number of rotatable bonds is 10. The quantitative estimate of drug-likeness (QED) is 0.177. The molecule has 10 nitrogen and oxygen atoms in total. The van der Waals surface area contributed by atoms with Gasteiger partial charge in [-0.05, 0) is 44.1 Å². The number of amides is 2. The second kappa shape index (κ2) is 14.5. The molecule has 2 aromatic carbocycles. The zero-order valence-corrected chi connectivity index (χ0v) is 29.7. The Morgan fingerprint density at radius 3 is 2.66 bits per heavy atom. The van der Waals surface area contributed by atoms with Crippen LogP contribution < -0.4 is 15.4 Å². The van der Waals surface area contributed by atoms with Crippen LogP contribution in [0, 0.1) is 34.3 Å². The number of benzene rings is 2. The maximum absolute atomic E-state index is 16.9. The normalized spacial score (nSPS) is 18.1. The number of likely N-dealkylation sites (tertiary alicyclic amines) is 1. The van der Waals surface area contributed by atoms with Crippen molar-refractivity contribution in [1.29, 1.82) is 5.26 Å². The van der Waals surface area contributed by atoms with Gasteiger partial charge in [0.25, 0.3) is 0 Å². The lowest BCUT2D eigenvalue weighted by Crippen LogP contribution is -2.51. The zero-order valence-electron chi connectivity index (χ0n) is 28.1. The number of aromatic nitrogens is 2. The molecule has 5 rings (SSSR count). The average Bonchev–Trinajstić information content (AvgIpc) is 3.40. The summed E-state index contributed by atoms with van der Waals surface area (Å²) >= 11 is 7.60. The second-order valence-electron chi connectivity index (χ2n) is 12.9. The summed E-state index contributed by atoms with van der Waals surface area (Å²) in [6.45, 7) is 3.87. The third kappa shape index (κ3) is 7.01. The first-order valence-electron chi connectivity index (χ1n) is 15.8. The molecule has 1 saturated heterocycles. The average molecular weight is 734 g/mol. The first-order valence-corrected chi connectivity index (χ1v) is 17.0. The molecule has 2 amide bonds. The molecule has 2 atom stereocenters. The Hall–Kier alpha value is -4.26. The molecule has 2 aromatic heterocycles. The summed E-state index contributed by atoms with van der Waals surface area (Å²) < 4.78 is 66.1. The molecule has 16 heteroatoms. The fourth-order valence-corrected chi connectivity index (χ4v) is 7.76. The second-order valence-corrected chi connectivity index (χ2v) is 14.4.